The minimum atomic E-state index is -0.825. The summed E-state index contributed by atoms with van der Waals surface area (Å²) in [7, 11) is 0. The van der Waals surface area contributed by atoms with Crippen LogP contribution in [0.5, 0.6) is 0 Å². The molecule has 164 valence electrons. The lowest BCUT2D eigenvalue weighted by Gasteiger charge is -2.24. The van der Waals surface area contributed by atoms with E-state index in [1.54, 1.807) is 35.6 Å². The van der Waals surface area contributed by atoms with Crippen LogP contribution in [0.1, 0.15) is 23.7 Å². The van der Waals surface area contributed by atoms with Crippen LogP contribution in [0.3, 0.4) is 0 Å². The molecule has 2 aromatic carbocycles. The van der Waals surface area contributed by atoms with Gasteiger partial charge in [-0.1, -0.05) is 29.8 Å². The van der Waals surface area contributed by atoms with Crippen molar-refractivity contribution in [3.05, 3.63) is 107 Å². The van der Waals surface area contributed by atoms with Gasteiger partial charge in [0, 0.05) is 24.3 Å². The van der Waals surface area contributed by atoms with Crippen molar-refractivity contribution in [2.45, 2.75) is 25.3 Å². The summed E-state index contributed by atoms with van der Waals surface area (Å²) in [5.41, 5.74) is 4.22. The third kappa shape index (κ3) is 3.87. The number of anilines is 1. The first kappa shape index (κ1) is 21.2. The zero-order chi connectivity index (χ0) is 23.0. The lowest BCUT2D eigenvalue weighted by molar-refractivity contribution is -0.122. The molecule has 0 radical (unpaired) electrons. The van der Waals surface area contributed by atoms with E-state index in [4.69, 9.17) is 11.6 Å². The van der Waals surface area contributed by atoms with Crippen molar-refractivity contribution in [2.75, 3.05) is 4.90 Å². The molecule has 1 atom stereocenters. The molecule has 0 saturated carbocycles. The maximum Gasteiger partial charge on any atom is 0.238 e. The first-order chi connectivity index (χ1) is 16.0. The molecule has 0 bridgehead atoms. The van der Waals surface area contributed by atoms with Crippen LogP contribution >= 0.6 is 11.6 Å². The van der Waals surface area contributed by atoms with Crippen LogP contribution in [0, 0.1) is 5.82 Å². The van der Waals surface area contributed by atoms with Crippen molar-refractivity contribution in [3.63, 3.8) is 0 Å². The van der Waals surface area contributed by atoms with Gasteiger partial charge in [-0.2, -0.15) is 0 Å². The van der Waals surface area contributed by atoms with Gasteiger partial charge in [0.2, 0.25) is 5.91 Å². The van der Waals surface area contributed by atoms with Crippen LogP contribution in [0.2, 0.25) is 5.02 Å². The molecule has 0 saturated heterocycles. The second kappa shape index (κ2) is 8.37. The summed E-state index contributed by atoms with van der Waals surface area (Å²) in [6.07, 6.45) is 7.11. The van der Waals surface area contributed by atoms with E-state index in [0.717, 1.165) is 33.6 Å². The smallest absolute Gasteiger partial charge is 0.238 e. The number of carbonyl (C=O) groups excluding carboxylic acids is 1. The van der Waals surface area contributed by atoms with Crippen LogP contribution in [0.25, 0.3) is 11.1 Å². The minimum absolute atomic E-state index is 0.0127. The predicted molar refractivity (Wildman–Crippen MR) is 125 cm³/mol. The fourth-order valence-electron chi connectivity index (χ4n) is 4.40. The largest absolute Gasteiger partial charge is 0.305 e. The maximum atomic E-state index is 13.8. The first-order valence-electron chi connectivity index (χ1n) is 10.5. The van der Waals surface area contributed by atoms with Gasteiger partial charge in [-0.3, -0.25) is 9.78 Å². The lowest BCUT2D eigenvalue weighted by atomic mass is 9.78. The number of nitrogens with zero attached hydrogens (tertiary/aromatic N) is 4. The van der Waals surface area contributed by atoms with Crippen molar-refractivity contribution in [2.24, 2.45) is 0 Å². The molecule has 3 heterocycles. The fourth-order valence-corrected chi connectivity index (χ4v) is 4.58. The Kier molecular flexibility index (Phi) is 5.38. The van der Waals surface area contributed by atoms with Gasteiger partial charge in [-0.25, -0.2) is 14.4 Å². The second-order valence-corrected chi connectivity index (χ2v) is 8.74. The Morgan fingerprint density at radius 2 is 1.79 bits per heavy atom. The third-order valence-electron chi connectivity index (χ3n) is 6.07. The van der Waals surface area contributed by atoms with E-state index in [-0.39, 0.29) is 10.9 Å². The molecule has 1 unspecified atom stereocenters. The molecule has 5 nitrogen and oxygen atoms in total. The van der Waals surface area contributed by atoms with Crippen LogP contribution in [-0.4, -0.2) is 20.9 Å². The Balaban J connectivity index is 1.61. The Morgan fingerprint density at radius 1 is 1.03 bits per heavy atom. The molecule has 2 aromatic heterocycles. The molecule has 0 N–H and O–H groups in total. The van der Waals surface area contributed by atoms with E-state index >= 15 is 0 Å². The normalized spacial score (nSPS) is 17.3. The topological polar surface area (TPSA) is 59.0 Å². The average molecular weight is 459 g/mol. The molecule has 1 aliphatic heterocycles. The lowest BCUT2D eigenvalue weighted by Crippen LogP contribution is -2.39. The molecule has 33 heavy (non-hydrogen) atoms. The van der Waals surface area contributed by atoms with Crippen LogP contribution in [-0.2, 0) is 23.2 Å². The summed E-state index contributed by atoms with van der Waals surface area (Å²) in [5.74, 6) is -0.478. The summed E-state index contributed by atoms with van der Waals surface area (Å²) in [4.78, 5) is 28.2. The molecule has 5 rings (SSSR count). The van der Waals surface area contributed by atoms with Gasteiger partial charge < -0.3 is 4.90 Å². The minimum Gasteiger partial charge on any atom is -0.305 e. The standard InChI is InChI=1S/C26H20ClFN4O/c1-26(12-17-13-29-16-30-14-17)21-10-18(19-5-7-23(28)22(27)11-19)6-8-24(21)32(25(26)33)15-20-4-2-3-9-31-20/h2-11,13-14,16H,12,15H2,1H3. The number of pyridine rings is 1. The summed E-state index contributed by atoms with van der Waals surface area (Å²) >= 11 is 6.02. The van der Waals surface area contributed by atoms with Crippen molar-refractivity contribution in [1.29, 1.82) is 0 Å². The number of fused-ring (bicyclic) bond motifs is 1. The molecule has 1 aliphatic rings. The number of rotatable bonds is 5. The molecule has 0 spiro atoms. The number of benzene rings is 2. The highest BCUT2D eigenvalue weighted by atomic mass is 35.5. The van der Waals surface area contributed by atoms with Crippen molar-refractivity contribution >= 4 is 23.2 Å². The number of hydrogen-bond acceptors (Lipinski definition) is 4. The Labute approximate surface area is 195 Å². The first-order valence-corrected chi connectivity index (χ1v) is 10.9. The Bertz CT molecular complexity index is 1330. The maximum absolute atomic E-state index is 13.8. The Hall–Kier alpha value is -3.64. The summed E-state index contributed by atoms with van der Waals surface area (Å²) in [6, 6.07) is 16.2. The molecule has 0 aliphatic carbocycles. The van der Waals surface area contributed by atoms with Crippen molar-refractivity contribution in [3.8, 4) is 11.1 Å². The molecule has 1 amide bonds. The molecule has 4 aromatic rings. The van der Waals surface area contributed by atoms with Gasteiger partial charge in [-0.15, -0.1) is 0 Å². The predicted octanol–water partition coefficient (Wildman–Crippen LogP) is 5.38. The van der Waals surface area contributed by atoms with Crippen LogP contribution < -0.4 is 4.90 Å². The number of hydrogen-bond donors (Lipinski definition) is 0. The summed E-state index contributed by atoms with van der Waals surface area (Å²) < 4.78 is 13.7. The van der Waals surface area contributed by atoms with Gasteiger partial charge in [-0.05, 0) is 72.0 Å². The van der Waals surface area contributed by atoms with E-state index in [0.29, 0.717) is 13.0 Å². The fraction of sp³-hybridized carbons (Fsp3) is 0.154. The highest BCUT2D eigenvalue weighted by Crippen LogP contribution is 2.46. The number of aromatic nitrogens is 3. The van der Waals surface area contributed by atoms with Crippen molar-refractivity contribution in [1.82, 2.24) is 15.0 Å². The van der Waals surface area contributed by atoms with Crippen LogP contribution in [0.15, 0.2) is 79.5 Å². The van der Waals surface area contributed by atoms with Crippen LogP contribution in [0.4, 0.5) is 10.1 Å². The monoisotopic (exact) mass is 458 g/mol. The zero-order valence-electron chi connectivity index (χ0n) is 17.9. The highest BCUT2D eigenvalue weighted by Gasteiger charge is 2.47. The molecule has 7 heteroatoms. The van der Waals surface area contributed by atoms with Gasteiger partial charge in [0.25, 0.3) is 0 Å². The van der Waals surface area contributed by atoms with E-state index in [1.165, 1.54) is 12.4 Å². The second-order valence-electron chi connectivity index (χ2n) is 8.33. The average Bonchev–Trinajstić information content (AvgIpc) is 3.03. The third-order valence-corrected chi connectivity index (χ3v) is 6.36. The molecule has 0 fully saturated rings. The van der Waals surface area contributed by atoms with Gasteiger partial charge in [0.05, 0.1) is 22.7 Å². The van der Waals surface area contributed by atoms with E-state index in [1.807, 2.05) is 43.3 Å². The van der Waals surface area contributed by atoms with Crippen molar-refractivity contribution < 1.29 is 9.18 Å². The van der Waals surface area contributed by atoms with Gasteiger partial charge in [0.1, 0.15) is 12.1 Å². The summed E-state index contributed by atoms with van der Waals surface area (Å²) in [6.45, 7) is 2.32. The quantitative estimate of drug-likeness (QED) is 0.403. The highest BCUT2D eigenvalue weighted by molar-refractivity contribution is 6.31. The van der Waals surface area contributed by atoms with E-state index < -0.39 is 11.2 Å². The van der Waals surface area contributed by atoms with E-state index in [9.17, 15) is 9.18 Å². The number of halogens is 2. The van der Waals surface area contributed by atoms with E-state index in [2.05, 4.69) is 15.0 Å². The van der Waals surface area contributed by atoms with Gasteiger partial charge in [0.15, 0.2) is 0 Å². The zero-order valence-corrected chi connectivity index (χ0v) is 18.6. The van der Waals surface area contributed by atoms with Gasteiger partial charge >= 0.3 is 0 Å². The SMILES string of the molecule is CC1(Cc2cncnc2)C(=O)N(Cc2ccccn2)c2ccc(-c3ccc(F)c(Cl)c3)cc21. The Morgan fingerprint density at radius 3 is 2.52 bits per heavy atom. The summed E-state index contributed by atoms with van der Waals surface area (Å²) in [5, 5.41) is 0.0602. The molecular formula is C26H20ClFN4O. The molecular weight excluding hydrogens is 439 g/mol. The number of carbonyl (C=O) groups is 1. The number of amides is 1.